The van der Waals surface area contributed by atoms with E-state index >= 15 is 0 Å². The van der Waals surface area contributed by atoms with Crippen LogP contribution in [0.1, 0.15) is 11.1 Å². The first-order valence-electron chi connectivity index (χ1n) is 6.83. The third-order valence-electron chi connectivity index (χ3n) is 2.80. The van der Waals surface area contributed by atoms with Crippen molar-refractivity contribution in [3.8, 4) is 5.75 Å². The summed E-state index contributed by atoms with van der Waals surface area (Å²) in [7, 11) is 0. The maximum atomic E-state index is 12.4. The summed E-state index contributed by atoms with van der Waals surface area (Å²) >= 11 is 4.60. The Bertz CT molecular complexity index is 727. The molecule has 0 heterocycles. The number of nitrogens with two attached hydrogens (primary N) is 1. The molecule has 0 aliphatic rings. The van der Waals surface area contributed by atoms with Crippen LogP contribution in [0, 0.1) is 0 Å². The Kier molecular flexibility index (Phi) is 7.20. The van der Waals surface area contributed by atoms with E-state index in [0.717, 1.165) is 5.56 Å². The molecule has 2 aromatic carbocycles. The van der Waals surface area contributed by atoms with Gasteiger partial charge in [0.25, 0.3) is 0 Å². The number of benzene rings is 2. The van der Waals surface area contributed by atoms with Gasteiger partial charge in [-0.1, -0.05) is 48.2 Å². The third-order valence-corrected chi connectivity index (χ3v) is 4.35. The van der Waals surface area contributed by atoms with Crippen LogP contribution in [0.15, 0.2) is 63.2 Å². The number of alkyl halides is 2. The minimum atomic E-state index is -2.92. The largest absolute Gasteiger partial charge is 0.434 e. The van der Waals surface area contributed by atoms with Crippen molar-refractivity contribution in [2.24, 2.45) is 15.9 Å². The van der Waals surface area contributed by atoms with Crippen LogP contribution < -0.4 is 10.5 Å². The predicted molar refractivity (Wildman–Crippen MR) is 97.7 cm³/mol. The molecule has 0 spiro atoms. The van der Waals surface area contributed by atoms with E-state index in [1.807, 2.05) is 30.3 Å². The second kappa shape index (κ2) is 9.39. The lowest BCUT2D eigenvalue weighted by Crippen LogP contribution is -2.06. The van der Waals surface area contributed by atoms with E-state index in [1.165, 1.54) is 24.0 Å². The van der Waals surface area contributed by atoms with Crippen LogP contribution in [0.3, 0.4) is 0 Å². The molecule has 0 unspecified atom stereocenters. The number of rotatable bonds is 6. The molecule has 0 saturated carbocycles. The fourth-order valence-corrected chi connectivity index (χ4v) is 2.81. The molecule has 2 rings (SSSR count). The van der Waals surface area contributed by atoms with Gasteiger partial charge in [0.2, 0.25) is 0 Å². The first-order valence-corrected chi connectivity index (χ1v) is 8.60. The highest BCUT2D eigenvalue weighted by Gasteiger charge is 2.10. The first kappa shape index (κ1) is 18.4. The summed E-state index contributed by atoms with van der Waals surface area (Å²) < 4.78 is 29.8. The second-order valence-electron chi connectivity index (χ2n) is 4.49. The molecule has 0 bridgehead atoms. The van der Waals surface area contributed by atoms with Crippen molar-refractivity contribution in [1.82, 2.24) is 0 Å². The Morgan fingerprint density at radius 3 is 2.67 bits per heavy atom. The summed E-state index contributed by atoms with van der Waals surface area (Å²) in [6.07, 6.45) is 1.32. The number of hydrogen-bond acceptors (Lipinski definition) is 4. The van der Waals surface area contributed by atoms with E-state index < -0.39 is 6.61 Å². The number of halogens is 3. The van der Waals surface area contributed by atoms with Crippen molar-refractivity contribution >= 4 is 39.1 Å². The molecule has 0 amide bonds. The summed E-state index contributed by atoms with van der Waals surface area (Å²) in [6.45, 7) is -2.92. The summed E-state index contributed by atoms with van der Waals surface area (Å²) in [6, 6.07) is 14.5. The lowest BCUT2D eigenvalue weighted by Gasteiger charge is -2.08. The Balaban J connectivity index is 2.02. The van der Waals surface area contributed by atoms with Crippen LogP contribution in [-0.4, -0.2) is 18.0 Å². The number of amidine groups is 1. The van der Waals surface area contributed by atoms with Crippen molar-refractivity contribution in [2.45, 2.75) is 12.4 Å². The van der Waals surface area contributed by atoms with Gasteiger partial charge in [0.05, 0.1) is 11.8 Å². The van der Waals surface area contributed by atoms with Gasteiger partial charge in [0, 0.05) is 10.2 Å². The van der Waals surface area contributed by atoms with Crippen LogP contribution in [-0.2, 0) is 5.75 Å². The summed E-state index contributed by atoms with van der Waals surface area (Å²) in [5.74, 6) is 0.675. The average Bonchev–Trinajstić information content (AvgIpc) is 2.56. The molecule has 0 atom stereocenters. The van der Waals surface area contributed by atoms with Gasteiger partial charge in [0.1, 0.15) is 5.75 Å². The highest BCUT2D eigenvalue weighted by atomic mass is 79.9. The molecule has 126 valence electrons. The summed E-state index contributed by atoms with van der Waals surface area (Å²) in [5, 5.41) is 7.98. The SMILES string of the molecule is NC(=NN=Cc1c(Br)cccc1OC(F)F)SCc1ccccc1. The molecular weight excluding hydrogens is 400 g/mol. The van der Waals surface area contributed by atoms with Gasteiger partial charge in [-0.15, -0.1) is 5.10 Å². The van der Waals surface area contributed by atoms with Gasteiger partial charge >= 0.3 is 6.61 Å². The van der Waals surface area contributed by atoms with Crippen LogP contribution >= 0.6 is 27.7 Å². The topological polar surface area (TPSA) is 60.0 Å². The van der Waals surface area contributed by atoms with Gasteiger partial charge < -0.3 is 10.5 Å². The maximum Gasteiger partial charge on any atom is 0.387 e. The quantitative estimate of drug-likeness (QED) is 0.426. The van der Waals surface area contributed by atoms with E-state index in [4.69, 9.17) is 5.73 Å². The van der Waals surface area contributed by atoms with E-state index in [-0.39, 0.29) is 10.9 Å². The molecule has 0 saturated heterocycles. The monoisotopic (exact) mass is 413 g/mol. The normalized spacial score (nSPS) is 12.1. The number of nitrogens with zero attached hydrogens (tertiary/aromatic N) is 2. The number of thioether (sulfide) groups is 1. The first-order chi connectivity index (χ1) is 11.6. The second-order valence-corrected chi connectivity index (χ2v) is 6.34. The lowest BCUT2D eigenvalue weighted by atomic mass is 10.2. The van der Waals surface area contributed by atoms with Crippen LogP contribution in [0.5, 0.6) is 5.75 Å². The molecule has 2 N–H and O–H groups in total. The van der Waals surface area contributed by atoms with E-state index in [2.05, 4.69) is 30.9 Å². The predicted octanol–water partition coefficient (Wildman–Crippen LogP) is 4.63. The average molecular weight is 414 g/mol. The highest BCUT2D eigenvalue weighted by molar-refractivity contribution is 9.10. The van der Waals surface area contributed by atoms with Gasteiger partial charge in [-0.2, -0.15) is 13.9 Å². The minimum absolute atomic E-state index is 0.00818. The molecule has 0 fully saturated rings. The lowest BCUT2D eigenvalue weighted by molar-refractivity contribution is -0.0499. The molecule has 0 radical (unpaired) electrons. The minimum Gasteiger partial charge on any atom is -0.434 e. The molecular formula is C16H14BrF2N3OS. The molecule has 0 aliphatic heterocycles. The van der Waals surface area contributed by atoms with Crippen LogP contribution in [0.25, 0.3) is 0 Å². The Morgan fingerprint density at radius 1 is 1.21 bits per heavy atom. The fourth-order valence-electron chi connectivity index (χ4n) is 1.75. The highest BCUT2D eigenvalue weighted by Crippen LogP contribution is 2.26. The molecule has 0 aliphatic carbocycles. The zero-order chi connectivity index (χ0) is 17.4. The zero-order valence-electron chi connectivity index (χ0n) is 12.4. The van der Waals surface area contributed by atoms with Gasteiger partial charge in [0.15, 0.2) is 5.17 Å². The molecule has 8 heteroatoms. The van der Waals surface area contributed by atoms with Crippen LogP contribution in [0.4, 0.5) is 8.78 Å². The van der Waals surface area contributed by atoms with Gasteiger partial charge in [-0.3, -0.25) is 0 Å². The zero-order valence-corrected chi connectivity index (χ0v) is 14.8. The smallest absolute Gasteiger partial charge is 0.387 e. The standard InChI is InChI=1S/C16H14BrF2N3OS/c17-13-7-4-8-14(23-15(18)19)12(13)9-21-22-16(20)24-10-11-5-2-1-3-6-11/h1-9,15H,10H2,(H2,20,22). The van der Waals surface area contributed by atoms with E-state index in [0.29, 0.717) is 15.8 Å². The Morgan fingerprint density at radius 2 is 1.96 bits per heavy atom. The third kappa shape index (κ3) is 5.93. The van der Waals surface area contributed by atoms with Crippen molar-refractivity contribution in [1.29, 1.82) is 0 Å². The van der Waals surface area contributed by atoms with Crippen molar-refractivity contribution < 1.29 is 13.5 Å². The van der Waals surface area contributed by atoms with Crippen molar-refractivity contribution in [3.05, 3.63) is 64.1 Å². The number of hydrogen-bond donors (Lipinski definition) is 1. The maximum absolute atomic E-state index is 12.4. The Labute approximate surface area is 150 Å². The molecule has 2 aromatic rings. The van der Waals surface area contributed by atoms with E-state index in [1.54, 1.807) is 12.1 Å². The number of ether oxygens (including phenoxy) is 1. The van der Waals surface area contributed by atoms with Crippen LogP contribution in [0.2, 0.25) is 0 Å². The van der Waals surface area contributed by atoms with Gasteiger partial charge in [-0.25, -0.2) is 0 Å². The summed E-state index contributed by atoms with van der Waals surface area (Å²) in [4.78, 5) is 0. The molecule has 0 aromatic heterocycles. The van der Waals surface area contributed by atoms with E-state index in [9.17, 15) is 8.78 Å². The van der Waals surface area contributed by atoms with Gasteiger partial charge in [-0.05, 0) is 33.6 Å². The Hall–Kier alpha value is -1.93. The van der Waals surface area contributed by atoms with Crippen molar-refractivity contribution in [3.63, 3.8) is 0 Å². The fraction of sp³-hybridized carbons (Fsp3) is 0.125. The molecule has 4 nitrogen and oxygen atoms in total. The van der Waals surface area contributed by atoms with Crippen molar-refractivity contribution in [2.75, 3.05) is 0 Å². The summed E-state index contributed by atoms with van der Waals surface area (Å²) in [5.41, 5.74) is 7.26. The molecule has 24 heavy (non-hydrogen) atoms.